The number of methoxy groups -OCH3 is 2. The molecule has 0 aromatic heterocycles. The molecule has 0 bridgehead atoms. The number of fused-ring (bicyclic) bond motifs is 1. The minimum absolute atomic E-state index is 0.506. The normalized spacial score (nSPS) is 16.6. The van der Waals surface area contributed by atoms with E-state index in [1.54, 1.807) is 14.2 Å². The average molecular weight is 255 g/mol. The lowest BCUT2D eigenvalue weighted by molar-refractivity contribution is 0.153. The van der Waals surface area contributed by atoms with Crippen molar-refractivity contribution in [1.29, 1.82) is 0 Å². The summed E-state index contributed by atoms with van der Waals surface area (Å²) in [7, 11) is 3.20. The molecule has 0 atom stereocenters. The van der Waals surface area contributed by atoms with Crippen LogP contribution in [0.3, 0.4) is 0 Å². The van der Waals surface area contributed by atoms with Gasteiger partial charge in [0.05, 0.1) is 19.3 Å². The molecule has 0 saturated heterocycles. The van der Waals surface area contributed by atoms with Crippen molar-refractivity contribution in [2.75, 3.05) is 14.2 Å². The maximum atomic E-state index is 6.17. The summed E-state index contributed by atoms with van der Waals surface area (Å²) in [6, 6.07) is 3.67. The van der Waals surface area contributed by atoms with Gasteiger partial charge >= 0.3 is 0 Å². The van der Waals surface area contributed by atoms with Crippen molar-refractivity contribution in [3.8, 4) is 17.2 Å². The summed E-state index contributed by atoms with van der Waals surface area (Å²) < 4.78 is 16.3. The maximum Gasteiger partial charge on any atom is 0.164 e. The van der Waals surface area contributed by atoms with Crippen LogP contribution in [0.1, 0.15) is 19.4 Å². The summed E-state index contributed by atoms with van der Waals surface area (Å²) in [5.41, 5.74) is 0.390. The molecule has 2 rings (SSSR count). The fourth-order valence-electron chi connectivity index (χ4n) is 1.71. The molecule has 1 aromatic rings. The zero-order valence-corrected chi connectivity index (χ0v) is 11.1. The van der Waals surface area contributed by atoms with Gasteiger partial charge < -0.3 is 14.2 Å². The zero-order chi connectivity index (χ0) is 12.6. The summed E-state index contributed by atoms with van der Waals surface area (Å²) in [5, 5.41) is 0.664. The highest BCUT2D eigenvalue weighted by molar-refractivity contribution is 6.32. The van der Waals surface area contributed by atoms with Gasteiger partial charge in [-0.15, -0.1) is 0 Å². The first kappa shape index (κ1) is 12.1. The van der Waals surface area contributed by atoms with E-state index < -0.39 is 5.60 Å². The van der Waals surface area contributed by atoms with E-state index in [1.807, 2.05) is 32.1 Å². The SMILES string of the molecule is COc1cc2c(cc1OC)OC(C)(C)C(Cl)=C2. The van der Waals surface area contributed by atoms with E-state index in [-0.39, 0.29) is 0 Å². The van der Waals surface area contributed by atoms with E-state index in [2.05, 4.69) is 0 Å². The topological polar surface area (TPSA) is 27.7 Å². The Kier molecular flexibility index (Phi) is 2.96. The number of hydrogen-bond acceptors (Lipinski definition) is 3. The van der Waals surface area contributed by atoms with Crippen LogP contribution in [0.4, 0.5) is 0 Å². The summed E-state index contributed by atoms with van der Waals surface area (Å²) in [6.45, 7) is 3.84. The van der Waals surface area contributed by atoms with Gasteiger partial charge in [-0.25, -0.2) is 0 Å². The highest BCUT2D eigenvalue weighted by atomic mass is 35.5. The summed E-state index contributed by atoms with van der Waals surface area (Å²) in [4.78, 5) is 0. The summed E-state index contributed by atoms with van der Waals surface area (Å²) in [6.07, 6.45) is 1.89. The van der Waals surface area contributed by atoms with E-state index in [0.29, 0.717) is 16.5 Å². The molecule has 1 aliphatic heterocycles. The Morgan fingerprint density at radius 1 is 1.12 bits per heavy atom. The molecule has 0 aliphatic carbocycles. The monoisotopic (exact) mass is 254 g/mol. The molecular formula is C13H15ClO3. The molecule has 0 fully saturated rings. The van der Waals surface area contributed by atoms with Crippen molar-refractivity contribution in [2.45, 2.75) is 19.4 Å². The van der Waals surface area contributed by atoms with Crippen LogP contribution in [-0.4, -0.2) is 19.8 Å². The third-order valence-corrected chi connectivity index (χ3v) is 3.30. The van der Waals surface area contributed by atoms with Gasteiger partial charge in [-0.3, -0.25) is 0 Å². The van der Waals surface area contributed by atoms with Crippen LogP contribution in [0, 0.1) is 0 Å². The molecule has 0 N–H and O–H groups in total. The Morgan fingerprint density at radius 3 is 2.29 bits per heavy atom. The first-order valence-corrected chi connectivity index (χ1v) is 5.68. The molecule has 3 nitrogen and oxygen atoms in total. The van der Waals surface area contributed by atoms with Crippen LogP contribution < -0.4 is 14.2 Å². The first-order chi connectivity index (χ1) is 7.97. The second kappa shape index (κ2) is 4.15. The molecule has 0 radical (unpaired) electrons. The molecule has 0 amide bonds. The van der Waals surface area contributed by atoms with Gasteiger partial charge in [0.2, 0.25) is 0 Å². The highest BCUT2D eigenvalue weighted by Gasteiger charge is 2.30. The lowest BCUT2D eigenvalue weighted by atomic mass is 10.0. The molecule has 1 aliphatic rings. The van der Waals surface area contributed by atoms with Crippen LogP contribution >= 0.6 is 11.6 Å². The van der Waals surface area contributed by atoms with E-state index >= 15 is 0 Å². The number of halogens is 1. The third kappa shape index (κ3) is 2.07. The van der Waals surface area contributed by atoms with Crippen molar-refractivity contribution in [1.82, 2.24) is 0 Å². The largest absolute Gasteiger partial charge is 0.493 e. The maximum absolute atomic E-state index is 6.17. The molecule has 0 saturated carbocycles. The Balaban J connectivity index is 2.55. The van der Waals surface area contributed by atoms with Crippen LogP contribution in [0.5, 0.6) is 17.2 Å². The quantitative estimate of drug-likeness (QED) is 0.809. The predicted molar refractivity (Wildman–Crippen MR) is 68.1 cm³/mol. The Hall–Kier alpha value is -1.35. The van der Waals surface area contributed by atoms with E-state index in [9.17, 15) is 0 Å². The minimum Gasteiger partial charge on any atom is -0.493 e. The van der Waals surface area contributed by atoms with E-state index in [1.165, 1.54) is 0 Å². The summed E-state index contributed by atoms with van der Waals surface area (Å²) in [5.74, 6) is 2.06. The lowest BCUT2D eigenvalue weighted by Crippen LogP contribution is -2.31. The number of hydrogen-bond donors (Lipinski definition) is 0. The Bertz CT molecular complexity index is 478. The van der Waals surface area contributed by atoms with Crippen LogP contribution in [0.25, 0.3) is 6.08 Å². The van der Waals surface area contributed by atoms with E-state index in [4.69, 9.17) is 25.8 Å². The minimum atomic E-state index is -0.506. The molecule has 0 unspecified atom stereocenters. The molecule has 0 spiro atoms. The number of rotatable bonds is 2. The number of benzene rings is 1. The molecule has 92 valence electrons. The second-order valence-electron chi connectivity index (χ2n) is 4.35. The predicted octanol–water partition coefficient (Wildman–Crippen LogP) is 3.45. The fraction of sp³-hybridized carbons (Fsp3) is 0.385. The van der Waals surface area contributed by atoms with Gasteiger partial charge in [0, 0.05) is 11.6 Å². The Labute approximate surface area is 106 Å². The standard InChI is InChI=1S/C13H15ClO3/c1-13(2)12(14)6-8-5-10(15-3)11(16-4)7-9(8)17-13/h5-7H,1-4H3. The molecule has 1 aromatic carbocycles. The van der Waals surface area contributed by atoms with Crippen LogP contribution in [-0.2, 0) is 0 Å². The highest BCUT2D eigenvalue weighted by Crippen LogP contribution is 2.42. The van der Waals surface area contributed by atoms with Gasteiger partial charge in [0.25, 0.3) is 0 Å². The van der Waals surface area contributed by atoms with Crippen LogP contribution in [0.2, 0.25) is 0 Å². The third-order valence-electron chi connectivity index (χ3n) is 2.74. The van der Waals surface area contributed by atoms with Crippen molar-refractivity contribution >= 4 is 17.7 Å². The molecular weight excluding hydrogens is 240 g/mol. The van der Waals surface area contributed by atoms with Gasteiger partial charge in [-0.05, 0) is 26.0 Å². The van der Waals surface area contributed by atoms with Gasteiger partial charge in [0.1, 0.15) is 11.4 Å². The molecule has 17 heavy (non-hydrogen) atoms. The van der Waals surface area contributed by atoms with Gasteiger partial charge in [0.15, 0.2) is 11.5 Å². The van der Waals surface area contributed by atoms with Crippen molar-refractivity contribution in [3.63, 3.8) is 0 Å². The van der Waals surface area contributed by atoms with Crippen molar-refractivity contribution in [3.05, 3.63) is 22.7 Å². The Morgan fingerprint density at radius 2 is 1.71 bits per heavy atom. The average Bonchev–Trinajstić information content (AvgIpc) is 2.28. The van der Waals surface area contributed by atoms with Crippen molar-refractivity contribution in [2.24, 2.45) is 0 Å². The van der Waals surface area contributed by atoms with Crippen molar-refractivity contribution < 1.29 is 14.2 Å². The molecule has 1 heterocycles. The fourth-order valence-corrected chi connectivity index (χ4v) is 1.87. The lowest BCUT2D eigenvalue weighted by Gasteiger charge is -2.31. The summed E-state index contributed by atoms with van der Waals surface area (Å²) >= 11 is 6.17. The van der Waals surface area contributed by atoms with E-state index in [0.717, 1.165) is 11.3 Å². The van der Waals surface area contributed by atoms with Gasteiger partial charge in [-0.1, -0.05) is 11.6 Å². The first-order valence-electron chi connectivity index (χ1n) is 5.30. The second-order valence-corrected chi connectivity index (χ2v) is 4.76. The smallest absolute Gasteiger partial charge is 0.164 e. The molecule has 4 heteroatoms. The zero-order valence-electron chi connectivity index (χ0n) is 10.3. The van der Waals surface area contributed by atoms with Gasteiger partial charge in [-0.2, -0.15) is 0 Å². The number of ether oxygens (including phenoxy) is 3. The van der Waals surface area contributed by atoms with Crippen LogP contribution in [0.15, 0.2) is 17.2 Å².